The zero-order chi connectivity index (χ0) is 14.5. The highest BCUT2D eigenvalue weighted by atomic mass is 16.4. The molecule has 0 aliphatic heterocycles. The van der Waals surface area contributed by atoms with E-state index in [0.717, 1.165) is 16.3 Å². The highest BCUT2D eigenvalue weighted by Gasteiger charge is 2.18. The molecule has 0 bridgehead atoms. The van der Waals surface area contributed by atoms with Crippen molar-refractivity contribution in [2.45, 2.75) is 12.5 Å². The maximum Gasteiger partial charge on any atom is 0.328 e. The second-order valence-electron chi connectivity index (χ2n) is 4.50. The SMILES string of the molecule is O=C(Cc1ccc2ccccc2c1)N[C@H](CO)C(=O)O. The molecule has 0 aliphatic carbocycles. The van der Waals surface area contributed by atoms with Gasteiger partial charge in [-0.15, -0.1) is 0 Å². The van der Waals surface area contributed by atoms with Gasteiger partial charge in [-0.1, -0.05) is 42.5 Å². The van der Waals surface area contributed by atoms with E-state index < -0.39 is 24.5 Å². The molecule has 0 fully saturated rings. The number of carboxylic acid groups (broad SMARTS) is 1. The fourth-order valence-electron chi connectivity index (χ4n) is 1.96. The fourth-order valence-corrected chi connectivity index (χ4v) is 1.96. The quantitative estimate of drug-likeness (QED) is 0.757. The third-order valence-corrected chi connectivity index (χ3v) is 2.99. The van der Waals surface area contributed by atoms with Crippen molar-refractivity contribution < 1.29 is 19.8 Å². The third-order valence-electron chi connectivity index (χ3n) is 2.99. The molecule has 3 N–H and O–H groups in total. The molecule has 5 nitrogen and oxygen atoms in total. The number of aliphatic hydroxyl groups excluding tert-OH is 1. The summed E-state index contributed by atoms with van der Waals surface area (Å²) in [6.07, 6.45) is 0.0780. The first-order chi connectivity index (χ1) is 9.60. The van der Waals surface area contributed by atoms with Gasteiger partial charge >= 0.3 is 5.97 Å². The minimum atomic E-state index is -1.26. The second-order valence-corrected chi connectivity index (χ2v) is 4.50. The van der Waals surface area contributed by atoms with Crippen molar-refractivity contribution in [3.63, 3.8) is 0 Å². The van der Waals surface area contributed by atoms with E-state index in [4.69, 9.17) is 10.2 Å². The van der Waals surface area contributed by atoms with Crippen molar-refractivity contribution in [3.8, 4) is 0 Å². The zero-order valence-corrected chi connectivity index (χ0v) is 10.7. The molecule has 2 aromatic carbocycles. The van der Waals surface area contributed by atoms with Crippen LogP contribution in [0.5, 0.6) is 0 Å². The maximum atomic E-state index is 11.7. The molecule has 1 atom stereocenters. The lowest BCUT2D eigenvalue weighted by molar-refractivity contribution is -0.142. The van der Waals surface area contributed by atoms with E-state index in [9.17, 15) is 9.59 Å². The number of aliphatic carboxylic acids is 1. The van der Waals surface area contributed by atoms with E-state index in [2.05, 4.69) is 5.32 Å². The molecule has 0 aromatic heterocycles. The van der Waals surface area contributed by atoms with Crippen molar-refractivity contribution in [3.05, 3.63) is 48.0 Å². The van der Waals surface area contributed by atoms with Crippen LogP contribution in [0.1, 0.15) is 5.56 Å². The summed E-state index contributed by atoms with van der Waals surface area (Å²) in [6.45, 7) is -0.626. The number of rotatable bonds is 5. The highest BCUT2D eigenvalue weighted by molar-refractivity contribution is 5.87. The molecule has 0 radical (unpaired) electrons. The number of hydrogen-bond donors (Lipinski definition) is 3. The number of fused-ring (bicyclic) bond motifs is 1. The van der Waals surface area contributed by atoms with Crippen LogP contribution < -0.4 is 5.32 Å². The molecule has 0 saturated carbocycles. The molecular weight excluding hydrogens is 258 g/mol. The first kappa shape index (κ1) is 14.0. The predicted octanol–water partition coefficient (Wildman–Crippen LogP) is 0.944. The van der Waals surface area contributed by atoms with E-state index >= 15 is 0 Å². The van der Waals surface area contributed by atoms with Crippen LogP contribution in [0.3, 0.4) is 0 Å². The van der Waals surface area contributed by atoms with Gasteiger partial charge in [0.1, 0.15) is 6.04 Å². The van der Waals surface area contributed by atoms with Gasteiger partial charge in [-0.2, -0.15) is 0 Å². The van der Waals surface area contributed by atoms with Gasteiger partial charge in [0.2, 0.25) is 5.91 Å². The molecule has 0 aliphatic rings. The summed E-state index contributed by atoms with van der Waals surface area (Å²) in [5.41, 5.74) is 0.795. The molecule has 20 heavy (non-hydrogen) atoms. The molecular formula is C15H15NO4. The first-order valence-electron chi connectivity index (χ1n) is 6.21. The number of aliphatic hydroxyl groups is 1. The molecule has 0 spiro atoms. The van der Waals surface area contributed by atoms with Crippen LogP contribution in [0.2, 0.25) is 0 Å². The monoisotopic (exact) mass is 273 g/mol. The Morgan fingerprint density at radius 1 is 1.10 bits per heavy atom. The molecule has 2 aromatic rings. The number of carbonyl (C=O) groups is 2. The summed E-state index contributed by atoms with van der Waals surface area (Å²) in [6, 6.07) is 12.2. The lowest BCUT2D eigenvalue weighted by Crippen LogP contribution is -2.43. The van der Waals surface area contributed by atoms with Crippen LogP contribution in [0.25, 0.3) is 10.8 Å². The molecule has 0 heterocycles. The summed E-state index contributed by atoms with van der Waals surface area (Å²) >= 11 is 0. The van der Waals surface area contributed by atoms with Gasteiger partial charge in [0.15, 0.2) is 0 Å². The van der Waals surface area contributed by atoms with Crippen molar-refractivity contribution >= 4 is 22.6 Å². The van der Waals surface area contributed by atoms with Crippen LogP contribution in [0.4, 0.5) is 0 Å². The lowest BCUT2D eigenvalue weighted by Gasteiger charge is -2.11. The summed E-state index contributed by atoms with van der Waals surface area (Å²) in [5, 5.41) is 22.0. The Labute approximate surface area is 115 Å². The third kappa shape index (κ3) is 3.33. The Bertz CT molecular complexity index is 639. The molecule has 2 rings (SSSR count). The van der Waals surface area contributed by atoms with Gasteiger partial charge in [-0.3, -0.25) is 4.79 Å². The lowest BCUT2D eigenvalue weighted by atomic mass is 10.0. The number of amides is 1. The summed E-state index contributed by atoms with van der Waals surface area (Å²) in [5.74, 6) is -1.68. The van der Waals surface area contributed by atoms with E-state index in [0.29, 0.717) is 0 Å². The van der Waals surface area contributed by atoms with E-state index in [-0.39, 0.29) is 6.42 Å². The van der Waals surface area contributed by atoms with Crippen LogP contribution in [0.15, 0.2) is 42.5 Å². The molecule has 0 unspecified atom stereocenters. The van der Waals surface area contributed by atoms with Crippen molar-refractivity contribution in [2.24, 2.45) is 0 Å². The van der Waals surface area contributed by atoms with Gasteiger partial charge in [-0.25, -0.2) is 4.79 Å². The normalized spacial score (nSPS) is 12.1. The molecule has 1 amide bonds. The zero-order valence-electron chi connectivity index (χ0n) is 10.7. The van der Waals surface area contributed by atoms with Crippen LogP contribution in [-0.2, 0) is 16.0 Å². The fraction of sp³-hybridized carbons (Fsp3) is 0.200. The van der Waals surface area contributed by atoms with Crippen LogP contribution in [0, 0.1) is 0 Å². The van der Waals surface area contributed by atoms with E-state index in [1.54, 1.807) is 0 Å². The average Bonchev–Trinajstić information content (AvgIpc) is 2.44. The van der Waals surface area contributed by atoms with Crippen molar-refractivity contribution in [1.29, 1.82) is 0 Å². The number of carbonyl (C=O) groups excluding carboxylic acids is 1. The van der Waals surface area contributed by atoms with Gasteiger partial charge in [0.25, 0.3) is 0 Å². The Balaban J connectivity index is 2.07. The van der Waals surface area contributed by atoms with Crippen LogP contribution in [-0.4, -0.2) is 34.7 Å². The predicted molar refractivity (Wildman–Crippen MR) is 74.3 cm³/mol. The minimum absolute atomic E-state index is 0.0780. The Hall–Kier alpha value is -2.40. The number of carboxylic acids is 1. The Kier molecular flexibility index (Phi) is 4.32. The summed E-state index contributed by atoms with van der Waals surface area (Å²) in [4.78, 5) is 22.5. The van der Waals surface area contributed by atoms with Gasteiger partial charge in [-0.05, 0) is 16.3 Å². The van der Waals surface area contributed by atoms with Crippen LogP contribution >= 0.6 is 0 Å². The Morgan fingerprint density at radius 3 is 2.45 bits per heavy atom. The number of benzene rings is 2. The minimum Gasteiger partial charge on any atom is -0.480 e. The van der Waals surface area contributed by atoms with Gasteiger partial charge in [0, 0.05) is 0 Å². The molecule has 5 heteroatoms. The summed E-state index contributed by atoms with van der Waals surface area (Å²) < 4.78 is 0. The summed E-state index contributed by atoms with van der Waals surface area (Å²) in [7, 11) is 0. The van der Waals surface area contributed by atoms with E-state index in [1.807, 2.05) is 42.5 Å². The first-order valence-corrected chi connectivity index (χ1v) is 6.21. The maximum absolute atomic E-state index is 11.7. The topological polar surface area (TPSA) is 86.6 Å². The van der Waals surface area contributed by atoms with E-state index in [1.165, 1.54) is 0 Å². The average molecular weight is 273 g/mol. The van der Waals surface area contributed by atoms with Gasteiger partial charge in [0.05, 0.1) is 13.0 Å². The second kappa shape index (κ2) is 6.16. The molecule has 0 saturated heterocycles. The molecule has 104 valence electrons. The van der Waals surface area contributed by atoms with Crippen molar-refractivity contribution in [2.75, 3.05) is 6.61 Å². The largest absolute Gasteiger partial charge is 0.480 e. The highest BCUT2D eigenvalue weighted by Crippen LogP contribution is 2.15. The van der Waals surface area contributed by atoms with Gasteiger partial charge < -0.3 is 15.5 Å². The number of nitrogens with one attached hydrogen (secondary N) is 1. The Morgan fingerprint density at radius 2 is 1.80 bits per heavy atom. The standard InChI is InChI=1S/C15H15NO4/c17-9-13(15(19)20)16-14(18)8-10-5-6-11-3-1-2-4-12(11)7-10/h1-7,13,17H,8-9H2,(H,16,18)(H,19,20)/t13-/m1/s1. The smallest absolute Gasteiger partial charge is 0.328 e. The van der Waals surface area contributed by atoms with Crippen molar-refractivity contribution in [1.82, 2.24) is 5.32 Å². The number of hydrogen-bond acceptors (Lipinski definition) is 3.